The number of hydrogen-bond acceptors (Lipinski definition) is 3. The summed E-state index contributed by atoms with van der Waals surface area (Å²) in [6, 6.07) is 11.5. The Balaban J connectivity index is 1.78. The van der Waals surface area contributed by atoms with E-state index < -0.39 is 12.3 Å². The lowest BCUT2D eigenvalue weighted by Gasteiger charge is -2.24. The lowest BCUT2D eigenvalue weighted by atomic mass is 10.0. The number of nitrogens with zero attached hydrogens (tertiary/aromatic N) is 1. The van der Waals surface area contributed by atoms with Crippen LogP contribution in [0.15, 0.2) is 42.5 Å². The average Bonchev–Trinajstić information content (AvgIpc) is 2.64. The molecule has 1 aliphatic heterocycles. The molecule has 1 atom stereocenters. The molecule has 1 aliphatic carbocycles. The van der Waals surface area contributed by atoms with Crippen LogP contribution in [-0.2, 0) is 16.9 Å². The highest BCUT2D eigenvalue weighted by atomic mass is 32.2. The van der Waals surface area contributed by atoms with Crippen LogP contribution in [0.2, 0.25) is 0 Å². The summed E-state index contributed by atoms with van der Waals surface area (Å²) in [5.41, 5.74) is 2.83. The zero-order valence-electron chi connectivity index (χ0n) is 13.8. The first-order valence-electron chi connectivity index (χ1n) is 8.33. The number of allylic oxidation sites excluding steroid dienone is 1. The Morgan fingerprint density at radius 2 is 2.00 bits per heavy atom. The van der Waals surface area contributed by atoms with Crippen molar-refractivity contribution in [3.8, 4) is 0 Å². The maximum absolute atomic E-state index is 13.3. The maximum Gasteiger partial charge on any atom is 0.429 e. The van der Waals surface area contributed by atoms with E-state index in [2.05, 4.69) is 11.1 Å². The first-order valence-corrected chi connectivity index (χ1v) is 9.32. The Morgan fingerprint density at radius 1 is 1.19 bits per heavy atom. The summed E-state index contributed by atoms with van der Waals surface area (Å²) in [5, 5.41) is 1.28. The number of benzene rings is 1. The molecule has 0 spiro atoms. The van der Waals surface area contributed by atoms with Crippen molar-refractivity contribution < 1.29 is 17.9 Å². The predicted octanol–water partition coefficient (Wildman–Crippen LogP) is 3.78. The zero-order valence-corrected chi connectivity index (χ0v) is 14.6. The third-order valence-electron chi connectivity index (χ3n) is 4.31. The van der Waals surface area contributed by atoms with Gasteiger partial charge in [-0.15, -0.1) is 0 Å². The fourth-order valence-electron chi connectivity index (χ4n) is 3.00. The molecule has 134 valence electrons. The lowest BCUT2D eigenvalue weighted by molar-refractivity contribution is -0.181. The van der Waals surface area contributed by atoms with Crippen LogP contribution in [0.4, 0.5) is 13.2 Å². The van der Waals surface area contributed by atoms with E-state index in [1.165, 1.54) is 11.8 Å². The monoisotopic (exact) mass is 375 g/mol. The highest BCUT2D eigenvalue weighted by Crippen LogP contribution is 2.32. The predicted molar refractivity (Wildman–Crippen MR) is 97.4 cm³/mol. The molecule has 2 heterocycles. The van der Waals surface area contributed by atoms with E-state index >= 15 is 0 Å². The number of alkyl halides is 3. The Bertz CT molecular complexity index is 967. The van der Waals surface area contributed by atoms with Crippen LogP contribution in [0.25, 0.3) is 17.2 Å². The van der Waals surface area contributed by atoms with Crippen molar-refractivity contribution in [3.05, 3.63) is 69.9 Å². The number of aryl methyl sites for hydroxylation is 1. The highest BCUT2D eigenvalue weighted by Gasteiger charge is 2.42. The lowest BCUT2D eigenvalue weighted by Crippen LogP contribution is -2.42. The first-order chi connectivity index (χ1) is 12.5. The molecule has 0 amide bonds. The normalized spacial score (nSPS) is 18.6. The van der Waals surface area contributed by atoms with Gasteiger partial charge in [-0.3, -0.25) is 4.98 Å². The fourth-order valence-corrected chi connectivity index (χ4v) is 3.98. The Hall–Kier alpha value is -2.21. The van der Waals surface area contributed by atoms with Gasteiger partial charge in [0.1, 0.15) is 0 Å². The quantitative estimate of drug-likeness (QED) is 0.815. The van der Waals surface area contributed by atoms with Crippen LogP contribution < -0.4 is 10.6 Å². The van der Waals surface area contributed by atoms with Gasteiger partial charge in [0, 0.05) is 16.7 Å². The van der Waals surface area contributed by atoms with E-state index in [-0.39, 0.29) is 5.09 Å². The molecule has 26 heavy (non-hydrogen) atoms. The number of hydrogen-bond donors (Lipinski definition) is 0. The second kappa shape index (κ2) is 6.83. The van der Waals surface area contributed by atoms with Crippen molar-refractivity contribution in [2.75, 3.05) is 0 Å². The van der Waals surface area contributed by atoms with Crippen molar-refractivity contribution >= 4 is 29.0 Å². The molecular weight excluding hydrogens is 359 g/mol. The molecule has 2 aromatic rings. The highest BCUT2D eigenvalue weighted by molar-refractivity contribution is 8.06. The van der Waals surface area contributed by atoms with Gasteiger partial charge in [-0.05, 0) is 36.1 Å². The fraction of sp³-hybridized carbons (Fsp3) is 0.250. The minimum absolute atomic E-state index is 0.281. The number of aromatic nitrogens is 1. The van der Waals surface area contributed by atoms with Gasteiger partial charge in [-0.1, -0.05) is 54.2 Å². The molecule has 4 rings (SSSR count). The van der Waals surface area contributed by atoms with Crippen molar-refractivity contribution in [2.24, 2.45) is 0 Å². The van der Waals surface area contributed by atoms with Gasteiger partial charge >= 0.3 is 6.18 Å². The largest absolute Gasteiger partial charge is 0.470 e. The molecule has 1 aromatic carbocycles. The average molecular weight is 375 g/mol. The molecular formula is C20H16F3NOS. The van der Waals surface area contributed by atoms with Crippen LogP contribution in [0.1, 0.15) is 23.2 Å². The molecule has 0 saturated carbocycles. The van der Waals surface area contributed by atoms with Crippen LogP contribution in [0.5, 0.6) is 0 Å². The summed E-state index contributed by atoms with van der Waals surface area (Å²) < 4.78 is 45.2. The van der Waals surface area contributed by atoms with Gasteiger partial charge in [0.05, 0.1) is 5.35 Å². The molecule has 1 unspecified atom stereocenters. The number of rotatable bonds is 3. The Kier molecular flexibility index (Phi) is 4.53. The summed E-state index contributed by atoms with van der Waals surface area (Å²) in [6.45, 7) is 0. The standard InChI is InChI=1S/C20H16F3NOS/c21-20(22,23)18-11-17-15(10-14-8-4-5-9-16(14)24-17)19(25-18)26-12-13-6-2-1-3-7-13/h1-4,6-8,10-11,18H,5,9,12H2. The summed E-state index contributed by atoms with van der Waals surface area (Å²) >= 11 is 1.27. The van der Waals surface area contributed by atoms with E-state index in [0.29, 0.717) is 16.3 Å². The minimum atomic E-state index is -4.46. The summed E-state index contributed by atoms with van der Waals surface area (Å²) in [7, 11) is 0. The van der Waals surface area contributed by atoms with E-state index in [4.69, 9.17) is 4.74 Å². The van der Waals surface area contributed by atoms with Gasteiger partial charge in [-0.25, -0.2) is 0 Å². The van der Waals surface area contributed by atoms with E-state index in [9.17, 15) is 13.2 Å². The molecule has 0 bridgehead atoms. The molecule has 2 aliphatic rings. The van der Waals surface area contributed by atoms with Crippen molar-refractivity contribution in [3.63, 3.8) is 0 Å². The molecule has 0 radical (unpaired) electrons. The van der Waals surface area contributed by atoms with Gasteiger partial charge in [0.15, 0.2) is 5.09 Å². The molecule has 0 saturated heterocycles. The van der Waals surface area contributed by atoms with E-state index in [1.54, 1.807) is 0 Å². The molecule has 0 N–H and O–H groups in total. The summed E-state index contributed by atoms with van der Waals surface area (Å²) in [4.78, 5) is 4.50. The van der Waals surface area contributed by atoms with Crippen LogP contribution in [-0.4, -0.2) is 17.3 Å². The third kappa shape index (κ3) is 3.51. The minimum Gasteiger partial charge on any atom is -0.470 e. The second-order valence-electron chi connectivity index (χ2n) is 6.21. The van der Waals surface area contributed by atoms with Crippen molar-refractivity contribution in [2.45, 2.75) is 30.9 Å². The third-order valence-corrected chi connectivity index (χ3v) is 5.36. The van der Waals surface area contributed by atoms with Gasteiger partial charge < -0.3 is 4.74 Å². The van der Waals surface area contributed by atoms with Crippen molar-refractivity contribution in [1.82, 2.24) is 4.98 Å². The summed E-state index contributed by atoms with van der Waals surface area (Å²) in [5.74, 6) is 0.535. The maximum atomic E-state index is 13.3. The molecule has 1 aromatic heterocycles. The molecule has 6 heteroatoms. The van der Waals surface area contributed by atoms with Crippen LogP contribution in [0.3, 0.4) is 0 Å². The smallest absolute Gasteiger partial charge is 0.429 e. The second-order valence-corrected chi connectivity index (χ2v) is 7.15. The topological polar surface area (TPSA) is 22.1 Å². The van der Waals surface area contributed by atoms with Crippen molar-refractivity contribution in [1.29, 1.82) is 0 Å². The summed E-state index contributed by atoms with van der Waals surface area (Å²) in [6.07, 6.45) is 0.293. The van der Waals surface area contributed by atoms with Gasteiger partial charge in [-0.2, -0.15) is 13.2 Å². The van der Waals surface area contributed by atoms with Crippen LogP contribution in [0, 0.1) is 0 Å². The number of pyridine rings is 1. The number of fused-ring (bicyclic) bond motifs is 2. The molecule has 0 fully saturated rings. The van der Waals surface area contributed by atoms with E-state index in [1.807, 2.05) is 42.5 Å². The Morgan fingerprint density at radius 3 is 2.77 bits per heavy atom. The van der Waals surface area contributed by atoms with Gasteiger partial charge in [0.2, 0.25) is 6.10 Å². The Labute approximate surface area is 153 Å². The van der Waals surface area contributed by atoms with Gasteiger partial charge in [0.25, 0.3) is 0 Å². The van der Waals surface area contributed by atoms with Crippen LogP contribution >= 0.6 is 11.8 Å². The first kappa shape index (κ1) is 17.2. The SMILES string of the molecule is FC(F)(F)C1C=c2nc3c(cc2=C(SCc2ccccc2)O1)C=CCC3. The number of thioether (sulfide) groups is 1. The number of ether oxygens (including phenoxy) is 1. The zero-order chi connectivity index (χ0) is 18.1. The molecule has 2 nitrogen and oxygen atoms in total. The van der Waals surface area contributed by atoms with E-state index in [0.717, 1.165) is 35.7 Å². The number of halogens is 3.